The lowest BCUT2D eigenvalue weighted by Crippen LogP contribution is -2.45. The maximum Gasteiger partial charge on any atom is 0.322 e. The number of methoxy groups -OCH3 is 3. The molecule has 0 bridgehead atoms. The molecule has 0 aliphatic heterocycles. The van der Waals surface area contributed by atoms with Crippen LogP contribution in [0.25, 0.3) is 0 Å². The Morgan fingerprint density at radius 1 is 0.947 bits per heavy atom. The third kappa shape index (κ3) is 8.46. The van der Waals surface area contributed by atoms with Crippen LogP contribution < -0.4 is 14.8 Å². The van der Waals surface area contributed by atoms with Gasteiger partial charge in [-0.2, -0.15) is 0 Å². The summed E-state index contributed by atoms with van der Waals surface area (Å²) < 4.78 is 30.0. The topological polar surface area (TPSA) is 80.3 Å². The highest BCUT2D eigenvalue weighted by Gasteiger charge is 2.23. The number of ether oxygens (including phenoxy) is 3. The van der Waals surface area contributed by atoms with Gasteiger partial charge in [0.1, 0.15) is 12.4 Å². The Hall–Kier alpha value is -3.63. The first-order valence-corrected chi connectivity index (χ1v) is 13.1. The second-order valence-electron chi connectivity index (χ2n) is 8.51. The summed E-state index contributed by atoms with van der Waals surface area (Å²) in [5.41, 5.74) is 1.05. The fourth-order valence-corrected chi connectivity index (χ4v) is 4.57. The third-order valence-electron chi connectivity index (χ3n) is 5.90. The van der Waals surface area contributed by atoms with E-state index in [1.54, 1.807) is 49.7 Å². The van der Waals surface area contributed by atoms with Gasteiger partial charge in [-0.25, -0.2) is 9.18 Å². The molecule has 3 aromatic rings. The summed E-state index contributed by atoms with van der Waals surface area (Å²) in [6.07, 6.45) is 1.12. The van der Waals surface area contributed by atoms with Gasteiger partial charge in [0.05, 0.1) is 26.5 Å². The summed E-state index contributed by atoms with van der Waals surface area (Å²) >= 11 is 1.57. The van der Waals surface area contributed by atoms with E-state index in [1.807, 2.05) is 35.7 Å². The van der Waals surface area contributed by atoms with Crippen molar-refractivity contribution in [3.63, 3.8) is 0 Å². The maximum absolute atomic E-state index is 14.1. The number of amides is 3. The Morgan fingerprint density at radius 3 is 2.42 bits per heavy atom. The quantitative estimate of drug-likeness (QED) is 0.288. The number of halogens is 1. The van der Waals surface area contributed by atoms with Crippen LogP contribution in [0.15, 0.2) is 60.0 Å². The zero-order valence-electron chi connectivity index (χ0n) is 21.9. The zero-order chi connectivity index (χ0) is 27.3. The standard InChI is InChI=1S/C28H34FN3O5S/c1-35-16-7-14-32(28(34)30-24-10-5-4-9-23(24)29)20-27(33)31(19-22-8-6-17-38-22)15-13-21-11-12-25(36-2)26(18-21)37-3/h4-6,8-12,17-18H,7,13-16,19-20H2,1-3H3,(H,30,34). The predicted octanol–water partition coefficient (Wildman–Crippen LogP) is 5.05. The Kier molecular flexibility index (Phi) is 11.4. The van der Waals surface area contributed by atoms with Crippen LogP contribution in [0, 0.1) is 5.82 Å². The molecule has 38 heavy (non-hydrogen) atoms. The van der Waals surface area contributed by atoms with E-state index in [1.165, 1.54) is 17.0 Å². The summed E-state index contributed by atoms with van der Waals surface area (Å²) in [5, 5.41) is 4.55. The monoisotopic (exact) mass is 543 g/mol. The number of nitrogens with one attached hydrogen (secondary N) is 1. The largest absolute Gasteiger partial charge is 0.493 e. The van der Waals surface area contributed by atoms with Crippen molar-refractivity contribution in [3.8, 4) is 11.5 Å². The molecule has 1 heterocycles. The van der Waals surface area contributed by atoms with Crippen molar-refractivity contribution < 1.29 is 28.2 Å². The normalized spacial score (nSPS) is 10.6. The summed E-state index contributed by atoms with van der Waals surface area (Å²) in [6.45, 7) is 1.41. The average Bonchev–Trinajstić information content (AvgIpc) is 3.44. The number of para-hydroxylation sites is 1. The molecule has 204 valence electrons. The lowest BCUT2D eigenvalue weighted by Gasteiger charge is -2.28. The van der Waals surface area contributed by atoms with Crippen LogP contribution >= 0.6 is 11.3 Å². The van der Waals surface area contributed by atoms with Crippen LogP contribution in [0.5, 0.6) is 11.5 Å². The van der Waals surface area contributed by atoms with Gasteiger partial charge in [-0.1, -0.05) is 24.3 Å². The smallest absolute Gasteiger partial charge is 0.322 e. The minimum Gasteiger partial charge on any atom is -0.493 e. The first kappa shape index (κ1) is 28.9. The lowest BCUT2D eigenvalue weighted by atomic mass is 10.1. The van der Waals surface area contributed by atoms with E-state index in [2.05, 4.69) is 5.32 Å². The molecule has 2 aromatic carbocycles. The molecule has 1 N–H and O–H groups in total. The van der Waals surface area contributed by atoms with Gasteiger partial charge in [0.15, 0.2) is 11.5 Å². The van der Waals surface area contributed by atoms with E-state index >= 15 is 0 Å². The van der Waals surface area contributed by atoms with E-state index in [-0.39, 0.29) is 24.7 Å². The Balaban J connectivity index is 1.74. The van der Waals surface area contributed by atoms with Crippen LogP contribution in [0.3, 0.4) is 0 Å². The molecule has 3 rings (SSSR count). The van der Waals surface area contributed by atoms with Crippen LogP contribution in [0.4, 0.5) is 14.9 Å². The molecule has 0 fully saturated rings. The van der Waals surface area contributed by atoms with E-state index in [9.17, 15) is 14.0 Å². The number of nitrogens with zero attached hydrogens (tertiary/aromatic N) is 2. The number of hydrogen-bond donors (Lipinski definition) is 1. The van der Waals surface area contributed by atoms with E-state index in [4.69, 9.17) is 14.2 Å². The minimum atomic E-state index is -0.546. The number of hydrogen-bond acceptors (Lipinski definition) is 6. The molecule has 3 amide bonds. The first-order valence-electron chi connectivity index (χ1n) is 12.3. The first-order chi connectivity index (χ1) is 18.4. The molecule has 0 aliphatic rings. The highest BCUT2D eigenvalue weighted by molar-refractivity contribution is 7.09. The van der Waals surface area contributed by atoms with Crippen molar-refractivity contribution in [2.45, 2.75) is 19.4 Å². The van der Waals surface area contributed by atoms with Crippen molar-refractivity contribution in [3.05, 3.63) is 76.2 Å². The van der Waals surface area contributed by atoms with Gasteiger partial charge < -0.3 is 29.3 Å². The van der Waals surface area contributed by atoms with Crippen LogP contribution in [0.1, 0.15) is 16.9 Å². The fourth-order valence-electron chi connectivity index (χ4n) is 3.86. The number of anilines is 1. The SMILES string of the molecule is COCCCN(CC(=O)N(CCc1ccc(OC)c(OC)c1)Cc1cccs1)C(=O)Nc1ccccc1F. The van der Waals surface area contributed by atoms with Gasteiger partial charge in [0, 0.05) is 31.7 Å². The second kappa shape index (κ2) is 14.9. The van der Waals surface area contributed by atoms with Gasteiger partial charge in [-0.3, -0.25) is 4.79 Å². The molecule has 0 radical (unpaired) electrons. The van der Waals surface area contributed by atoms with Crippen LogP contribution in [-0.4, -0.2) is 69.3 Å². The number of thiophene rings is 1. The lowest BCUT2D eigenvalue weighted by molar-refractivity contribution is -0.132. The van der Waals surface area contributed by atoms with Crippen molar-refractivity contribution >= 4 is 29.0 Å². The fraction of sp³-hybridized carbons (Fsp3) is 0.357. The van der Waals surface area contributed by atoms with Crippen molar-refractivity contribution in [2.75, 3.05) is 52.9 Å². The van der Waals surface area contributed by atoms with Gasteiger partial charge >= 0.3 is 6.03 Å². The Labute approximate surface area is 226 Å². The van der Waals surface area contributed by atoms with Gasteiger partial charge in [0.2, 0.25) is 5.91 Å². The van der Waals surface area contributed by atoms with Gasteiger partial charge in [-0.15, -0.1) is 11.3 Å². The van der Waals surface area contributed by atoms with Crippen molar-refractivity contribution in [2.24, 2.45) is 0 Å². The number of carbonyl (C=O) groups is 2. The van der Waals surface area contributed by atoms with Crippen LogP contribution in [0.2, 0.25) is 0 Å². The molecule has 1 aromatic heterocycles. The number of rotatable bonds is 14. The maximum atomic E-state index is 14.1. The summed E-state index contributed by atoms with van der Waals surface area (Å²) in [5.74, 6) is 0.504. The average molecular weight is 544 g/mol. The number of carbonyl (C=O) groups excluding carboxylic acids is 2. The van der Waals surface area contributed by atoms with Gasteiger partial charge in [0.25, 0.3) is 0 Å². The molecule has 0 saturated heterocycles. The zero-order valence-corrected chi connectivity index (χ0v) is 22.8. The summed E-state index contributed by atoms with van der Waals surface area (Å²) in [4.78, 5) is 30.8. The number of benzene rings is 2. The summed E-state index contributed by atoms with van der Waals surface area (Å²) in [6, 6.07) is 15.0. The highest BCUT2D eigenvalue weighted by atomic mass is 32.1. The molecule has 0 saturated carbocycles. The van der Waals surface area contributed by atoms with E-state index in [0.717, 1.165) is 10.4 Å². The molecular weight excluding hydrogens is 509 g/mol. The highest BCUT2D eigenvalue weighted by Crippen LogP contribution is 2.28. The molecule has 0 unspecified atom stereocenters. The molecule has 0 spiro atoms. The van der Waals surface area contributed by atoms with Gasteiger partial charge in [-0.05, 0) is 54.1 Å². The molecule has 8 nitrogen and oxygen atoms in total. The van der Waals surface area contributed by atoms with Crippen molar-refractivity contribution in [1.29, 1.82) is 0 Å². The number of urea groups is 1. The summed E-state index contributed by atoms with van der Waals surface area (Å²) in [7, 11) is 4.74. The Bertz CT molecular complexity index is 1180. The molecule has 10 heteroatoms. The third-order valence-corrected chi connectivity index (χ3v) is 6.76. The van der Waals surface area contributed by atoms with Crippen molar-refractivity contribution in [1.82, 2.24) is 9.80 Å². The second-order valence-corrected chi connectivity index (χ2v) is 9.54. The van der Waals surface area contributed by atoms with E-state index in [0.29, 0.717) is 44.0 Å². The molecule has 0 aliphatic carbocycles. The molecule has 0 atom stereocenters. The Morgan fingerprint density at radius 2 is 1.74 bits per heavy atom. The predicted molar refractivity (Wildman–Crippen MR) is 146 cm³/mol. The van der Waals surface area contributed by atoms with Crippen LogP contribution in [-0.2, 0) is 22.5 Å². The molecular formula is C28H34FN3O5S. The minimum absolute atomic E-state index is 0.0607. The van der Waals surface area contributed by atoms with E-state index < -0.39 is 11.8 Å².